The molecule has 16 heavy (non-hydrogen) atoms. The molecule has 4 heteroatoms. The number of rotatable bonds is 3. The van der Waals surface area contributed by atoms with E-state index in [1.807, 2.05) is 24.3 Å². The lowest BCUT2D eigenvalue weighted by atomic mass is 10.1. The zero-order chi connectivity index (χ0) is 11.5. The summed E-state index contributed by atoms with van der Waals surface area (Å²) in [5.41, 5.74) is 0. The summed E-state index contributed by atoms with van der Waals surface area (Å²) in [6.45, 7) is 0. The Balaban J connectivity index is 2.30. The van der Waals surface area contributed by atoms with E-state index >= 15 is 0 Å². The molecule has 0 amide bonds. The summed E-state index contributed by atoms with van der Waals surface area (Å²) in [6.07, 6.45) is 0. The van der Waals surface area contributed by atoms with Crippen molar-refractivity contribution in [1.82, 2.24) is 0 Å². The summed E-state index contributed by atoms with van der Waals surface area (Å²) < 4.78 is 0. The van der Waals surface area contributed by atoms with E-state index in [2.05, 4.69) is 0 Å². The summed E-state index contributed by atoms with van der Waals surface area (Å²) >= 11 is 1.29. The van der Waals surface area contributed by atoms with Crippen LogP contribution in [-0.2, 0) is 4.79 Å². The van der Waals surface area contributed by atoms with Gasteiger partial charge in [0, 0.05) is 4.90 Å². The first-order valence-corrected chi connectivity index (χ1v) is 5.71. The van der Waals surface area contributed by atoms with Gasteiger partial charge in [-0.2, -0.15) is 0 Å². The minimum Gasteiger partial charge on any atom is -0.508 e. The first-order valence-electron chi connectivity index (χ1n) is 4.72. The van der Waals surface area contributed by atoms with Crippen LogP contribution in [-0.4, -0.2) is 21.9 Å². The maximum Gasteiger partial charge on any atom is 0.313 e. The number of hydrogen-bond donors (Lipinski definition) is 2. The molecule has 0 saturated carbocycles. The number of carboxylic acid groups (broad SMARTS) is 1. The Morgan fingerprint density at radius 1 is 1.12 bits per heavy atom. The second-order valence-electron chi connectivity index (χ2n) is 3.38. The van der Waals surface area contributed by atoms with Gasteiger partial charge in [-0.15, -0.1) is 11.8 Å². The van der Waals surface area contributed by atoms with Gasteiger partial charge in [0.25, 0.3) is 0 Å². The van der Waals surface area contributed by atoms with Crippen molar-refractivity contribution in [1.29, 1.82) is 0 Å². The van der Waals surface area contributed by atoms with Gasteiger partial charge in [0.15, 0.2) is 0 Å². The van der Waals surface area contributed by atoms with Gasteiger partial charge in [-0.3, -0.25) is 4.79 Å². The third kappa shape index (κ3) is 2.46. The highest BCUT2D eigenvalue weighted by atomic mass is 32.2. The molecule has 2 rings (SSSR count). The molecule has 0 aromatic heterocycles. The van der Waals surface area contributed by atoms with Crippen LogP contribution < -0.4 is 0 Å². The number of carboxylic acids is 1. The normalized spacial score (nSPS) is 10.5. The topological polar surface area (TPSA) is 57.5 Å². The Kier molecular flexibility index (Phi) is 3.01. The van der Waals surface area contributed by atoms with E-state index in [1.54, 1.807) is 12.1 Å². The highest BCUT2D eigenvalue weighted by Crippen LogP contribution is 2.25. The van der Waals surface area contributed by atoms with Crippen molar-refractivity contribution in [2.75, 3.05) is 5.75 Å². The molecule has 0 fully saturated rings. The van der Waals surface area contributed by atoms with E-state index in [9.17, 15) is 9.90 Å². The largest absolute Gasteiger partial charge is 0.508 e. The van der Waals surface area contributed by atoms with Crippen LogP contribution in [0.3, 0.4) is 0 Å². The lowest BCUT2D eigenvalue weighted by molar-refractivity contribution is -0.133. The summed E-state index contributed by atoms with van der Waals surface area (Å²) in [5, 5.41) is 19.8. The van der Waals surface area contributed by atoms with Crippen molar-refractivity contribution < 1.29 is 15.0 Å². The molecule has 2 aromatic rings. The van der Waals surface area contributed by atoms with Gasteiger partial charge >= 0.3 is 5.97 Å². The predicted octanol–water partition coefficient (Wildman–Crippen LogP) is 2.72. The second kappa shape index (κ2) is 4.45. The van der Waals surface area contributed by atoms with Gasteiger partial charge in [0.1, 0.15) is 5.75 Å². The van der Waals surface area contributed by atoms with Crippen LogP contribution in [0.4, 0.5) is 0 Å². The molecule has 0 unspecified atom stereocenters. The molecular weight excluding hydrogens is 224 g/mol. The molecule has 2 N–H and O–H groups in total. The van der Waals surface area contributed by atoms with E-state index in [-0.39, 0.29) is 11.5 Å². The number of hydrogen-bond acceptors (Lipinski definition) is 3. The number of carbonyl (C=O) groups is 1. The number of aromatic hydroxyl groups is 1. The first kappa shape index (κ1) is 10.8. The summed E-state index contributed by atoms with van der Waals surface area (Å²) in [6, 6.07) is 10.8. The van der Waals surface area contributed by atoms with Gasteiger partial charge in [-0.05, 0) is 35.0 Å². The molecule has 0 atom stereocenters. The summed E-state index contributed by atoms with van der Waals surface area (Å²) in [7, 11) is 0. The SMILES string of the molecule is O=C(O)CSc1ccc2cc(O)ccc2c1. The molecule has 0 radical (unpaired) electrons. The van der Waals surface area contributed by atoms with Crippen LogP contribution in [0.1, 0.15) is 0 Å². The fourth-order valence-electron chi connectivity index (χ4n) is 1.45. The monoisotopic (exact) mass is 234 g/mol. The Bertz CT molecular complexity index is 537. The molecule has 0 aliphatic carbocycles. The van der Waals surface area contributed by atoms with Crippen molar-refractivity contribution in [2.24, 2.45) is 0 Å². The Morgan fingerprint density at radius 2 is 1.81 bits per heavy atom. The Labute approximate surface area is 96.7 Å². The van der Waals surface area contributed by atoms with E-state index in [4.69, 9.17) is 5.11 Å². The van der Waals surface area contributed by atoms with Crippen molar-refractivity contribution in [3.05, 3.63) is 36.4 Å². The Morgan fingerprint density at radius 3 is 2.56 bits per heavy atom. The van der Waals surface area contributed by atoms with E-state index < -0.39 is 5.97 Å². The average Bonchev–Trinajstić information content (AvgIpc) is 2.26. The van der Waals surface area contributed by atoms with Gasteiger partial charge in [-0.25, -0.2) is 0 Å². The second-order valence-corrected chi connectivity index (χ2v) is 4.42. The highest BCUT2D eigenvalue weighted by Gasteiger charge is 2.01. The number of benzene rings is 2. The van der Waals surface area contributed by atoms with Gasteiger partial charge < -0.3 is 10.2 Å². The lowest BCUT2D eigenvalue weighted by Gasteiger charge is -2.02. The Hall–Kier alpha value is -1.68. The van der Waals surface area contributed by atoms with Crippen molar-refractivity contribution in [3.63, 3.8) is 0 Å². The number of phenols is 1. The predicted molar refractivity (Wildman–Crippen MR) is 64.0 cm³/mol. The van der Waals surface area contributed by atoms with E-state index in [0.717, 1.165) is 15.7 Å². The number of fused-ring (bicyclic) bond motifs is 1. The molecule has 0 spiro atoms. The van der Waals surface area contributed by atoms with E-state index in [0.29, 0.717) is 0 Å². The first-order chi connectivity index (χ1) is 7.65. The van der Waals surface area contributed by atoms with Crippen molar-refractivity contribution in [3.8, 4) is 5.75 Å². The summed E-state index contributed by atoms with van der Waals surface area (Å²) in [4.78, 5) is 11.3. The standard InChI is InChI=1S/C12H10O3S/c13-10-3-1-9-6-11(16-7-12(14)15)4-2-8(9)5-10/h1-6,13H,7H2,(H,14,15). The van der Waals surface area contributed by atoms with Gasteiger partial charge in [0.2, 0.25) is 0 Å². The molecule has 0 saturated heterocycles. The number of thioether (sulfide) groups is 1. The lowest BCUT2D eigenvalue weighted by Crippen LogP contribution is -1.97. The minimum atomic E-state index is -0.823. The zero-order valence-electron chi connectivity index (χ0n) is 8.38. The maximum absolute atomic E-state index is 10.4. The third-order valence-corrected chi connectivity index (χ3v) is 3.14. The van der Waals surface area contributed by atoms with Crippen LogP contribution in [0, 0.1) is 0 Å². The smallest absolute Gasteiger partial charge is 0.313 e. The zero-order valence-corrected chi connectivity index (χ0v) is 9.20. The fourth-order valence-corrected chi connectivity index (χ4v) is 2.11. The molecular formula is C12H10O3S. The molecule has 82 valence electrons. The third-order valence-electron chi connectivity index (χ3n) is 2.16. The molecule has 0 aliphatic rings. The van der Waals surface area contributed by atoms with Crippen LogP contribution in [0.2, 0.25) is 0 Å². The van der Waals surface area contributed by atoms with Gasteiger partial charge in [-0.1, -0.05) is 12.1 Å². The van der Waals surface area contributed by atoms with Crippen LogP contribution in [0.15, 0.2) is 41.3 Å². The maximum atomic E-state index is 10.4. The molecule has 0 aliphatic heterocycles. The van der Waals surface area contributed by atoms with Gasteiger partial charge in [0.05, 0.1) is 5.75 Å². The van der Waals surface area contributed by atoms with Crippen molar-refractivity contribution >= 4 is 28.5 Å². The minimum absolute atomic E-state index is 0.0591. The number of aliphatic carboxylic acids is 1. The van der Waals surface area contributed by atoms with E-state index in [1.165, 1.54) is 11.8 Å². The quantitative estimate of drug-likeness (QED) is 0.802. The highest BCUT2D eigenvalue weighted by molar-refractivity contribution is 8.00. The molecule has 3 nitrogen and oxygen atoms in total. The fraction of sp³-hybridized carbons (Fsp3) is 0.0833. The summed E-state index contributed by atoms with van der Waals surface area (Å²) in [5.74, 6) is -0.530. The van der Waals surface area contributed by atoms with Crippen molar-refractivity contribution in [2.45, 2.75) is 4.90 Å². The van der Waals surface area contributed by atoms with Crippen LogP contribution in [0.5, 0.6) is 5.75 Å². The molecule has 0 heterocycles. The molecule has 0 bridgehead atoms. The average molecular weight is 234 g/mol. The molecule has 2 aromatic carbocycles. The van der Waals surface area contributed by atoms with Crippen LogP contribution in [0.25, 0.3) is 10.8 Å². The number of phenolic OH excluding ortho intramolecular Hbond substituents is 1. The van der Waals surface area contributed by atoms with Crippen LogP contribution >= 0.6 is 11.8 Å².